The van der Waals surface area contributed by atoms with Gasteiger partial charge in [0.1, 0.15) is 0 Å². The van der Waals surface area contributed by atoms with Crippen LogP contribution in [0.2, 0.25) is 0 Å². The van der Waals surface area contributed by atoms with E-state index in [0.717, 1.165) is 29.2 Å². The minimum atomic E-state index is -0.883. The number of hydrogen-bond acceptors (Lipinski definition) is 2. The molecule has 5 heteroatoms. The second-order valence-corrected chi connectivity index (χ2v) is 8.28. The van der Waals surface area contributed by atoms with Gasteiger partial charge in [-0.15, -0.1) is 0 Å². The second kappa shape index (κ2) is 11.4. The van der Waals surface area contributed by atoms with E-state index in [-0.39, 0.29) is 11.5 Å². The molecule has 3 rings (SSSR count). The van der Waals surface area contributed by atoms with Crippen molar-refractivity contribution in [1.82, 2.24) is 0 Å². The molecule has 0 bridgehead atoms. The van der Waals surface area contributed by atoms with Crippen LogP contribution in [0.15, 0.2) is 66.8 Å². The van der Waals surface area contributed by atoms with Crippen molar-refractivity contribution in [2.75, 3.05) is 13.2 Å². The van der Waals surface area contributed by atoms with Crippen molar-refractivity contribution in [1.29, 1.82) is 0 Å². The van der Waals surface area contributed by atoms with E-state index in [2.05, 4.69) is 62.9 Å². The third-order valence-corrected chi connectivity index (χ3v) is 5.84. The molecule has 1 fully saturated rings. The van der Waals surface area contributed by atoms with Crippen LogP contribution < -0.4 is 5.46 Å². The van der Waals surface area contributed by atoms with E-state index < -0.39 is 18.8 Å². The van der Waals surface area contributed by atoms with Crippen LogP contribution in [0.4, 0.5) is 8.78 Å². The predicted molar refractivity (Wildman–Crippen MR) is 129 cm³/mol. The van der Waals surface area contributed by atoms with Gasteiger partial charge in [0.15, 0.2) is 11.6 Å². The van der Waals surface area contributed by atoms with Crippen LogP contribution in [0.1, 0.15) is 55.7 Å². The Bertz CT molecular complexity index is 964. The first-order valence-corrected chi connectivity index (χ1v) is 11.2. The summed E-state index contributed by atoms with van der Waals surface area (Å²) in [5.74, 6) is -1.63. The summed E-state index contributed by atoms with van der Waals surface area (Å²) in [6, 6.07) is 11.0. The molecule has 0 radical (unpaired) electrons. The summed E-state index contributed by atoms with van der Waals surface area (Å²) in [4.78, 5) is 0. The molecule has 0 atom stereocenters. The van der Waals surface area contributed by atoms with Gasteiger partial charge in [-0.25, -0.2) is 8.78 Å². The zero-order chi connectivity index (χ0) is 23.1. The number of halogens is 2. The summed E-state index contributed by atoms with van der Waals surface area (Å²) in [6.45, 7) is 10.9. The van der Waals surface area contributed by atoms with E-state index in [9.17, 15) is 8.78 Å². The van der Waals surface area contributed by atoms with E-state index in [1.807, 2.05) is 0 Å². The fourth-order valence-corrected chi connectivity index (χ4v) is 3.76. The van der Waals surface area contributed by atoms with Crippen LogP contribution in [-0.4, -0.2) is 20.3 Å². The van der Waals surface area contributed by atoms with Crippen LogP contribution in [0, 0.1) is 18.6 Å². The maximum absolute atomic E-state index is 13.7. The van der Waals surface area contributed by atoms with Gasteiger partial charge in [0.05, 0.1) is 0 Å². The Morgan fingerprint density at radius 2 is 1.81 bits per heavy atom. The molecule has 0 aliphatic carbocycles. The monoisotopic (exact) mass is 436 g/mol. The van der Waals surface area contributed by atoms with Gasteiger partial charge in [-0.3, -0.25) is 0 Å². The molecule has 2 aromatic carbocycles. The van der Waals surface area contributed by atoms with E-state index >= 15 is 0 Å². The third-order valence-electron chi connectivity index (χ3n) is 5.84. The number of hydrogen-bond donors (Lipinski definition) is 0. The molecule has 1 saturated heterocycles. The SMILES string of the molecule is C=C(/C=C\C(=C/C)CCCC)c1ccc(C2COB(c3cc(C)c(F)c(F)c3)OC2)cc1. The Balaban J connectivity index is 1.58. The van der Waals surface area contributed by atoms with Gasteiger partial charge in [0.2, 0.25) is 0 Å². The maximum Gasteiger partial charge on any atom is 0.494 e. The molecule has 0 spiro atoms. The van der Waals surface area contributed by atoms with E-state index in [0.29, 0.717) is 18.7 Å². The quantitative estimate of drug-likeness (QED) is 0.347. The molecule has 1 heterocycles. The van der Waals surface area contributed by atoms with Gasteiger partial charge in [0.25, 0.3) is 0 Å². The van der Waals surface area contributed by atoms with Crippen molar-refractivity contribution in [3.8, 4) is 0 Å². The number of unbranched alkanes of at least 4 members (excludes halogenated alkanes) is 1. The lowest BCUT2D eigenvalue weighted by Crippen LogP contribution is -2.44. The van der Waals surface area contributed by atoms with Gasteiger partial charge in [-0.05, 0) is 60.5 Å². The van der Waals surface area contributed by atoms with Crippen molar-refractivity contribution in [2.45, 2.75) is 46.0 Å². The first-order valence-electron chi connectivity index (χ1n) is 11.2. The van der Waals surface area contributed by atoms with Crippen molar-refractivity contribution in [3.05, 3.63) is 95.1 Å². The Morgan fingerprint density at radius 3 is 2.41 bits per heavy atom. The lowest BCUT2D eigenvalue weighted by molar-refractivity contribution is 0.121. The van der Waals surface area contributed by atoms with Crippen molar-refractivity contribution in [3.63, 3.8) is 0 Å². The average molecular weight is 436 g/mol. The van der Waals surface area contributed by atoms with Crippen LogP contribution in [0.25, 0.3) is 5.57 Å². The van der Waals surface area contributed by atoms with Gasteiger partial charge in [0, 0.05) is 19.1 Å². The van der Waals surface area contributed by atoms with E-state index in [1.165, 1.54) is 25.3 Å². The summed E-state index contributed by atoms with van der Waals surface area (Å²) < 4.78 is 38.9. The molecule has 2 aromatic rings. The smallest absolute Gasteiger partial charge is 0.407 e. The Hall–Kier alpha value is -2.50. The molecule has 0 amide bonds. The standard InChI is InChI=1S/C27H31BF2O2/c1-5-7-8-21(6-2)10-9-19(3)22-11-13-23(14-12-22)24-17-31-28(32-18-24)25-15-20(4)27(30)26(29)16-25/h6,9-16,24H,3,5,7-8,17-18H2,1-2,4H3/b10-9-,21-6-. The minimum absolute atomic E-state index is 0.0826. The van der Waals surface area contributed by atoms with Gasteiger partial charge >= 0.3 is 7.12 Å². The Labute approximate surface area is 190 Å². The molecule has 0 aromatic heterocycles. The van der Waals surface area contributed by atoms with E-state index in [4.69, 9.17) is 9.31 Å². The summed E-state index contributed by atoms with van der Waals surface area (Å²) in [6.07, 6.45) is 9.83. The second-order valence-electron chi connectivity index (χ2n) is 8.28. The summed E-state index contributed by atoms with van der Waals surface area (Å²) in [5.41, 5.74) is 5.22. The molecule has 168 valence electrons. The van der Waals surface area contributed by atoms with Crippen molar-refractivity contribution in [2.24, 2.45) is 0 Å². The highest BCUT2D eigenvalue weighted by atomic mass is 19.2. The van der Waals surface area contributed by atoms with Gasteiger partial charge < -0.3 is 9.31 Å². The average Bonchev–Trinajstić information content (AvgIpc) is 2.82. The number of benzene rings is 2. The third kappa shape index (κ3) is 6.05. The molecule has 1 aliphatic heterocycles. The normalized spacial score (nSPS) is 15.5. The van der Waals surface area contributed by atoms with Crippen molar-refractivity contribution < 1.29 is 18.1 Å². The fourth-order valence-electron chi connectivity index (χ4n) is 3.76. The molecular weight excluding hydrogens is 405 g/mol. The number of allylic oxidation sites excluding steroid dienone is 5. The molecule has 32 heavy (non-hydrogen) atoms. The summed E-state index contributed by atoms with van der Waals surface area (Å²) >= 11 is 0. The highest BCUT2D eigenvalue weighted by Crippen LogP contribution is 2.24. The first kappa shape index (κ1) is 24.2. The zero-order valence-corrected chi connectivity index (χ0v) is 19.2. The largest absolute Gasteiger partial charge is 0.494 e. The van der Waals surface area contributed by atoms with Crippen molar-refractivity contribution >= 4 is 18.2 Å². The highest BCUT2D eigenvalue weighted by molar-refractivity contribution is 6.61. The minimum Gasteiger partial charge on any atom is -0.407 e. The lowest BCUT2D eigenvalue weighted by atomic mass is 9.76. The summed E-state index contributed by atoms with van der Waals surface area (Å²) in [5, 5.41) is 0. The summed E-state index contributed by atoms with van der Waals surface area (Å²) in [7, 11) is -0.683. The Kier molecular flexibility index (Phi) is 8.60. The molecule has 0 N–H and O–H groups in total. The van der Waals surface area contributed by atoms with Crippen LogP contribution >= 0.6 is 0 Å². The predicted octanol–water partition coefficient (Wildman–Crippen LogP) is 6.50. The van der Waals surface area contributed by atoms with E-state index in [1.54, 1.807) is 6.07 Å². The first-order chi connectivity index (χ1) is 15.4. The highest BCUT2D eigenvalue weighted by Gasteiger charge is 2.31. The fraction of sp³-hybridized carbons (Fsp3) is 0.333. The van der Waals surface area contributed by atoms with Crippen LogP contribution in [0.5, 0.6) is 0 Å². The molecule has 2 nitrogen and oxygen atoms in total. The number of aryl methyl sites for hydroxylation is 1. The lowest BCUT2D eigenvalue weighted by Gasteiger charge is -2.28. The van der Waals surface area contributed by atoms with Crippen LogP contribution in [-0.2, 0) is 9.31 Å². The zero-order valence-electron chi connectivity index (χ0n) is 19.2. The number of rotatable bonds is 8. The van der Waals surface area contributed by atoms with Gasteiger partial charge in [-0.2, -0.15) is 0 Å². The van der Waals surface area contributed by atoms with Gasteiger partial charge in [-0.1, -0.05) is 74.1 Å². The Morgan fingerprint density at radius 1 is 1.12 bits per heavy atom. The van der Waals surface area contributed by atoms with Crippen LogP contribution in [0.3, 0.4) is 0 Å². The molecule has 0 saturated carbocycles. The molecule has 1 aliphatic rings. The molecular formula is C27H31BF2O2. The topological polar surface area (TPSA) is 18.5 Å². The molecule has 0 unspecified atom stereocenters. The maximum atomic E-state index is 13.7.